The number of nitrogens with zero attached hydrogens (tertiary/aromatic N) is 5. The maximum Gasteiger partial charge on any atom is 0.223 e. The van der Waals surface area contributed by atoms with Crippen molar-refractivity contribution in [1.82, 2.24) is 30.4 Å². The predicted molar refractivity (Wildman–Crippen MR) is 106 cm³/mol. The minimum absolute atomic E-state index is 0.0200. The fourth-order valence-electron chi connectivity index (χ4n) is 7.06. The maximum atomic E-state index is 13.2. The summed E-state index contributed by atoms with van der Waals surface area (Å²) in [4.78, 5) is 28.9. The normalized spacial score (nSPS) is 36.4. The number of aromatic nitrogens is 4. The van der Waals surface area contributed by atoms with Crippen molar-refractivity contribution in [2.24, 2.45) is 17.8 Å². The molecule has 0 aromatic carbocycles. The topological polar surface area (TPSA) is 93.0 Å². The Hall–Kier alpha value is -1.99. The lowest BCUT2D eigenvalue weighted by Gasteiger charge is -2.61. The van der Waals surface area contributed by atoms with E-state index in [4.69, 9.17) is 0 Å². The third-order valence-corrected chi connectivity index (χ3v) is 7.88. The van der Waals surface area contributed by atoms with E-state index in [9.17, 15) is 9.59 Å². The SMILES string of the molecule is CCC(=O)N1CCC(C(=O)NC23CC4CC(C2)CC(n2nnc(C)n2)(C4)C3)CC1. The van der Waals surface area contributed by atoms with Crippen molar-refractivity contribution in [2.45, 2.75) is 82.7 Å². The van der Waals surface area contributed by atoms with Crippen LogP contribution in [0.5, 0.6) is 0 Å². The second kappa shape index (κ2) is 6.77. The van der Waals surface area contributed by atoms with Gasteiger partial charge in [-0.05, 0) is 75.3 Å². The monoisotopic (exact) mass is 400 g/mol. The standard InChI is InChI=1S/C21H32N6O2/c1-3-18(28)26-6-4-17(5-7-26)19(29)22-20-9-15-8-16(10-20)12-21(11-15,13-20)27-24-14(2)23-25-27/h15-17H,3-13H2,1-2H3,(H,22,29). The van der Waals surface area contributed by atoms with E-state index < -0.39 is 0 Å². The molecular formula is C21H32N6O2. The van der Waals surface area contributed by atoms with Crippen LogP contribution in [0, 0.1) is 24.7 Å². The molecule has 158 valence electrons. The minimum Gasteiger partial charge on any atom is -0.350 e. The fourth-order valence-corrected chi connectivity index (χ4v) is 7.06. The Morgan fingerprint density at radius 2 is 1.83 bits per heavy atom. The highest BCUT2D eigenvalue weighted by molar-refractivity contribution is 5.80. The molecule has 2 amide bonds. The minimum atomic E-state index is -0.126. The molecule has 2 unspecified atom stereocenters. The first kappa shape index (κ1) is 19.0. The number of likely N-dealkylation sites (tertiary alicyclic amines) is 1. The summed E-state index contributed by atoms with van der Waals surface area (Å²) in [6.07, 6.45) is 8.65. The average Bonchev–Trinajstić information content (AvgIpc) is 3.13. The molecule has 29 heavy (non-hydrogen) atoms. The van der Waals surface area contributed by atoms with E-state index >= 15 is 0 Å². The van der Waals surface area contributed by atoms with E-state index in [1.54, 1.807) is 0 Å². The van der Waals surface area contributed by atoms with Gasteiger partial charge in [-0.3, -0.25) is 9.59 Å². The van der Waals surface area contributed by atoms with Crippen molar-refractivity contribution in [2.75, 3.05) is 13.1 Å². The van der Waals surface area contributed by atoms with Crippen molar-refractivity contribution in [1.29, 1.82) is 0 Å². The summed E-state index contributed by atoms with van der Waals surface area (Å²) in [6, 6.07) is 0. The molecule has 5 aliphatic rings. The number of carbonyl (C=O) groups is 2. The highest BCUT2D eigenvalue weighted by Crippen LogP contribution is 2.60. The van der Waals surface area contributed by atoms with Gasteiger partial charge in [-0.15, -0.1) is 10.2 Å². The smallest absolute Gasteiger partial charge is 0.223 e. The molecule has 1 aromatic heterocycles. The predicted octanol–water partition coefficient (Wildman–Crippen LogP) is 1.79. The first-order valence-electron chi connectivity index (χ1n) is 11.3. The number of rotatable bonds is 4. The average molecular weight is 401 g/mol. The van der Waals surface area contributed by atoms with E-state index in [1.165, 1.54) is 6.42 Å². The zero-order valence-corrected chi connectivity index (χ0v) is 17.6. The number of carbonyl (C=O) groups excluding carboxylic acids is 2. The number of amides is 2. The van der Waals surface area contributed by atoms with Gasteiger partial charge >= 0.3 is 0 Å². The molecule has 1 N–H and O–H groups in total. The van der Waals surface area contributed by atoms with Gasteiger partial charge in [0.25, 0.3) is 0 Å². The van der Waals surface area contributed by atoms with Crippen molar-refractivity contribution in [3.63, 3.8) is 0 Å². The molecule has 8 heteroatoms. The first-order chi connectivity index (χ1) is 13.9. The van der Waals surface area contributed by atoms with Crippen molar-refractivity contribution in [3.05, 3.63) is 5.82 Å². The zero-order chi connectivity index (χ0) is 20.2. The summed E-state index contributed by atoms with van der Waals surface area (Å²) in [5.41, 5.74) is -0.214. The summed E-state index contributed by atoms with van der Waals surface area (Å²) in [5, 5.41) is 16.6. The third-order valence-electron chi connectivity index (χ3n) is 7.88. The molecule has 0 radical (unpaired) electrons. The van der Waals surface area contributed by atoms with E-state index in [-0.39, 0.29) is 28.8 Å². The van der Waals surface area contributed by atoms with Gasteiger partial charge in [0, 0.05) is 31.0 Å². The number of aryl methyl sites for hydroxylation is 1. The van der Waals surface area contributed by atoms with Crippen LogP contribution in [0.2, 0.25) is 0 Å². The summed E-state index contributed by atoms with van der Waals surface area (Å²) in [5.74, 6) is 2.38. The summed E-state index contributed by atoms with van der Waals surface area (Å²) in [7, 11) is 0. The van der Waals surface area contributed by atoms with Crippen LogP contribution >= 0.6 is 0 Å². The van der Waals surface area contributed by atoms with Gasteiger partial charge in [-0.2, -0.15) is 4.80 Å². The van der Waals surface area contributed by atoms with Gasteiger partial charge in [0.2, 0.25) is 11.8 Å². The molecule has 0 spiro atoms. The Morgan fingerprint density at radius 3 is 2.41 bits per heavy atom. The largest absolute Gasteiger partial charge is 0.350 e. The zero-order valence-electron chi connectivity index (χ0n) is 17.6. The lowest BCUT2D eigenvalue weighted by Crippen LogP contribution is -2.66. The van der Waals surface area contributed by atoms with Crippen LogP contribution < -0.4 is 5.32 Å². The molecule has 1 aromatic rings. The number of nitrogens with one attached hydrogen (secondary N) is 1. The highest BCUT2D eigenvalue weighted by Gasteiger charge is 2.60. The van der Waals surface area contributed by atoms with E-state index in [2.05, 4.69) is 20.7 Å². The molecule has 2 atom stereocenters. The Morgan fingerprint density at radius 1 is 1.14 bits per heavy atom. The molecule has 1 aliphatic heterocycles. The maximum absolute atomic E-state index is 13.2. The molecule has 4 aliphatic carbocycles. The molecule has 2 heterocycles. The number of hydrogen-bond acceptors (Lipinski definition) is 5. The van der Waals surface area contributed by atoms with Gasteiger partial charge in [0.1, 0.15) is 0 Å². The van der Waals surface area contributed by atoms with Crippen molar-refractivity contribution in [3.8, 4) is 0 Å². The van der Waals surface area contributed by atoms with Gasteiger partial charge in [0.05, 0.1) is 5.54 Å². The van der Waals surface area contributed by atoms with E-state index in [1.807, 2.05) is 23.5 Å². The second-order valence-corrected chi connectivity index (χ2v) is 10.1. The summed E-state index contributed by atoms with van der Waals surface area (Å²) < 4.78 is 0. The number of piperidine rings is 1. The van der Waals surface area contributed by atoms with Crippen LogP contribution in [-0.4, -0.2) is 55.5 Å². The Kier molecular flexibility index (Phi) is 4.44. The van der Waals surface area contributed by atoms with Gasteiger partial charge in [-0.1, -0.05) is 6.92 Å². The molecule has 5 fully saturated rings. The van der Waals surface area contributed by atoms with E-state index in [0.717, 1.165) is 44.9 Å². The van der Waals surface area contributed by atoms with Crippen LogP contribution in [-0.2, 0) is 15.1 Å². The highest BCUT2D eigenvalue weighted by atomic mass is 16.2. The molecule has 6 rings (SSSR count). The summed E-state index contributed by atoms with van der Waals surface area (Å²) >= 11 is 0. The molecule has 8 nitrogen and oxygen atoms in total. The molecule has 4 saturated carbocycles. The molecule has 4 bridgehead atoms. The van der Waals surface area contributed by atoms with Crippen LogP contribution in [0.4, 0.5) is 0 Å². The molecule has 1 saturated heterocycles. The van der Waals surface area contributed by atoms with Crippen LogP contribution in [0.15, 0.2) is 0 Å². The van der Waals surface area contributed by atoms with Crippen LogP contribution in [0.3, 0.4) is 0 Å². The Balaban J connectivity index is 1.30. The number of tetrazole rings is 1. The van der Waals surface area contributed by atoms with Crippen LogP contribution in [0.25, 0.3) is 0 Å². The van der Waals surface area contributed by atoms with Crippen LogP contribution in [0.1, 0.15) is 70.5 Å². The lowest BCUT2D eigenvalue weighted by molar-refractivity contribution is -0.140. The summed E-state index contributed by atoms with van der Waals surface area (Å²) in [6.45, 7) is 5.19. The number of hydrogen-bond donors (Lipinski definition) is 1. The van der Waals surface area contributed by atoms with Crippen molar-refractivity contribution < 1.29 is 9.59 Å². The quantitative estimate of drug-likeness (QED) is 0.832. The fraction of sp³-hybridized carbons (Fsp3) is 0.857. The Labute approximate surface area is 171 Å². The van der Waals surface area contributed by atoms with Crippen molar-refractivity contribution >= 4 is 11.8 Å². The Bertz CT molecular complexity index is 798. The van der Waals surface area contributed by atoms with Gasteiger partial charge in [0.15, 0.2) is 5.82 Å². The van der Waals surface area contributed by atoms with Gasteiger partial charge < -0.3 is 10.2 Å². The first-order valence-corrected chi connectivity index (χ1v) is 11.3. The second-order valence-electron chi connectivity index (χ2n) is 10.1. The van der Waals surface area contributed by atoms with Gasteiger partial charge in [-0.25, -0.2) is 0 Å². The molecular weight excluding hydrogens is 368 g/mol. The third kappa shape index (κ3) is 3.24. The lowest BCUT2D eigenvalue weighted by atomic mass is 9.50. The van der Waals surface area contributed by atoms with E-state index in [0.29, 0.717) is 37.2 Å².